The van der Waals surface area contributed by atoms with Gasteiger partial charge in [-0.05, 0) is 42.7 Å². The molecule has 0 aliphatic carbocycles. The van der Waals surface area contributed by atoms with Gasteiger partial charge in [-0.2, -0.15) is 0 Å². The molecule has 2 fully saturated rings. The first-order chi connectivity index (χ1) is 14.0. The summed E-state index contributed by atoms with van der Waals surface area (Å²) in [6.07, 6.45) is 2.15. The zero-order chi connectivity index (χ0) is 20.4. The molecule has 2 heterocycles. The third-order valence-electron chi connectivity index (χ3n) is 5.38. The summed E-state index contributed by atoms with van der Waals surface area (Å²) in [7, 11) is 1.43. The number of ether oxygens (including phenoxy) is 3. The normalized spacial score (nSPS) is 22.5. The Hall–Kier alpha value is -1.86. The number of hydrogen-bond acceptors (Lipinski definition) is 5. The summed E-state index contributed by atoms with van der Waals surface area (Å²) in [5.74, 6) is 0.227. The van der Waals surface area contributed by atoms with Gasteiger partial charge in [-0.3, -0.25) is 4.90 Å². The maximum Gasteiger partial charge on any atom is 0.165 e. The Bertz CT molecular complexity index is 853. The number of benzene rings is 2. The van der Waals surface area contributed by atoms with E-state index in [1.165, 1.54) is 13.2 Å². The number of rotatable bonds is 7. The van der Waals surface area contributed by atoms with E-state index in [2.05, 4.69) is 4.90 Å². The van der Waals surface area contributed by atoms with E-state index in [9.17, 15) is 9.50 Å². The van der Waals surface area contributed by atoms with Crippen molar-refractivity contribution in [1.82, 2.24) is 4.90 Å². The second kappa shape index (κ2) is 8.88. The van der Waals surface area contributed by atoms with Crippen molar-refractivity contribution in [2.75, 3.05) is 33.4 Å². The molecule has 2 aliphatic rings. The molecule has 156 valence electrons. The second-order valence-corrected chi connectivity index (χ2v) is 8.07. The van der Waals surface area contributed by atoms with Gasteiger partial charge in [-0.1, -0.05) is 23.7 Å². The van der Waals surface area contributed by atoms with Gasteiger partial charge in [0.05, 0.1) is 19.3 Å². The first-order valence-corrected chi connectivity index (χ1v) is 10.2. The molecule has 0 saturated carbocycles. The molecular weight excluding hydrogens is 397 g/mol. The molecule has 5 nitrogen and oxygen atoms in total. The number of β-amino-alcohol motifs (C(OH)–C–C–N with tert-alkyl or cyclic N) is 1. The zero-order valence-corrected chi connectivity index (χ0v) is 17.1. The smallest absolute Gasteiger partial charge is 0.165 e. The van der Waals surface area contributed by atoms with Crippen molar-refractivity contribution in [1.29, 1.82) is 0 Å². The minimum absolute atomic E-state index is 0.146. The van der Waals surface area contributed by atoms with E-state index in [4.69, 9.17) is 25.8 Å². The van der Waals surface area contributed by atoms with Gasteiger partial charge in [-0.25, -0.2) is 4.39 Å². The number of methoxy groups -OCH3 is 1. The van der Waals surface area contributed by atoms with Crippen LogP contribution in [0.25, 0.3) is 11.1 Å². The average Bonchev–Trinajstić information content (AvgIpc) is 3.04. The van der Waals surface area contributed by atoms with Crippen molar-refractivity contribution in [2.24, 2.45) is 0 Å². The lowest BCUT2D eigenvalue weighted by Crippen LogP contribution is -2.46. The lowest BCUT2D eigenvalue weighted by Gasteiger charge is -2.33. The van der Waals surface area contributed by atoms with Crippen molar-refractivity contribution < 1.29 is 23.7 Å². The van der Waals surface area contributed by atoms with E-state index >= 15 is 0 Å². The van der Waals surface area contributed by atoms with Crippen LogP contribution >= 0.6 is 11.6 Å². The summed E-state index contributed by atoms with van der Waals surface area (Å²) < 4.78 is 30.9. The van der Waals surface area contributed by atoms with Crippen LogP contribution < -0.4 is 9.47 Å². The number of likely N-dealkylation sites (tertiary alicyclic amines) is 1. The van der Waals surface area contributed by atoms with Crippen molar-refractivity contribution in [3.05, 3.63) is 47.2 Å². The van der Waals surface area contributed by atoms with E-state index in [0.717, 1.165) is 25.9 Å². The molecule has 2 aromatic rings. The predicted octanol–water partition coefficient (Wildman–Crippen LogP) is 3.76. The highest BCUT2D eigenvalue weighted by Crippen LogP contribution is 2.36. The molecule has 0 spiro atoms. The van der Waals surface area contributed by atoms with Gasteiger partial charge in [0.2, 0.25) is 0 Å². The summed E-state index contributed by atoms with van der Waals surface area (Å²) in [5.41, 5.74) is 1.27. The maximum atomic E-state index is 14.0. The van der Waals surface area contributed by atoms with E-state index in [1.54, 1.807) is 30.3 Å². The molecule has 2 saturated heterocycles. The third kappa shape index (κ3) is 4.83. The monoisotopic (exact) mass is 421 g/mol. The average molecular weight is 422 g/mol. The Kier molecular flexibility index (Phi) is 6.25. The lowest BCUT2D eigenvalue weighted by molar-refractivity contribution is -0.0528. The van der Waals surface area contributed by atoms with Crippen LogP contribution in [0, 0.1) is 5.82 Å². The van der Waals surface area contributed by atoms with Crippen molar-refractivity contribution in [3.8, 4) is 22.6 Å². The van der Waals surface area contributed by atoms with Crippen LogP contribution in [0.3, 0.4) is 0 Å². The molecule has 7 heteroatoms. The summed E-state index contributed by atoms with van der Waals surface area (Å²) in [4.78, 5) is 2.24. The van der Waals surface area contributed by atoms with Gasteiger partial charge in [0.15, 0.2) is 11.6 Å². The van der Waals surface area contributed by atoms with Crippen molar-refractivity contribution >= 4 is 11.6 Å². The molecule has 3 atom stereocenters. The number of nitrogens with zero attached hydrogens (tertiary/aromatic N) is 1. The van der Waals surface area contributed by atoms with E-state index in [1.807, 2.05) is 0 Å². The topological polar surface area (TPSA) is 51.2 Å². The molecule has 1 N–H and O–H groups in total. The Morgan fingerprint density at radius 3 is 2.72 bits per heavy atom. The number of halogens is 2. The van der Waals surface area contributed by atoms with E-state index in [0.29, 0.717) is 40.7 Å². The van der Waals surface area contributed by atoms with Gasteiger partial charge in [-0.15, -0.1) is 0 Å². The molecule has 1 unspecified atom stereocenters. The predicted molar refractivity (Wildman–Crippen MR) is 109 cm³/mol. The van der Waals surface area contributed by atoms with Crippen LogP contribution in [0.5, 0.6) is 11.5 Å². The molecule has 0 amide bonds. The minimum atomic E-state index is -0.626. The quantitative estimate of drug-likeness (QED) is 0.737. The van der Waals surface area contributed by atoms with Gasteiger partial charge < -0.3 is 19.3 Å². The first-order valence-electron chi connectivity index (χ1n) is 9.84. The summed E-state index contributed by atoms with van der Waals surface area (Å²) in [6.45, 7) is 2.40. The van der Waals surface area contributed by atoms with Crippen molar-refractivity contribution in [2.45, 2.75) is 31.2 Å². The van der Waals surface area contributed by atoms with Crippen LogP contribution in [0.1, 0.15) is 12.8 Å². The molecule has 0 aromatic heterocycles. The SMILES string of the molecule is COc1c(F)cccc1-c1cc(Cl)cc(OCC(O)CN2C[C@H]3CC[C@@H](C2)O3)c1. The van der Waals surface area contributed by atoms with E-state index < -0.39 is 11.9 Å². The number of morpholine rings is 1. The largest absolute Gasteiger partial charge is 0.493 e. The van der Waals surface area contributed by atoms with Crippen LogP contribution in [0.2, 0.25) is 5.02 Å². The number of aliphatic hydroxyl groups is 1. The number of hydrogen-bond donors (Lipinski definition) is 1. The standard InChI is InChI=1S/C22H25ClFNO4/c1-27-22-20(3-2-4-21(22)24)14-7-15(23)9-19(8-14)28-13-16(26)10-25-11-17-5-6-18(12-25)29-17/h2-4,7-9,16-18,26H,5-6,10-13H2,1H3/t16?,17-,18+. The van der Waals surface area contributed by atoms with Crippen LogP contribution in [0.4, 0.5) is 4.39 Å². The maximum absolute atomic E-state index is 14.0. The molecule has 2 aromatic carbocycles. The molecular formula is C22H25ClFNO4. The molecule has 29 heavy (non-hydrogen) atoms. The number of aliphatic hydroxyl groups excluding tert-OH is 1. The molecule has 4 rings (SSSR count). The highest BCUT2D eigenvalue weighted by atomic mass is 35.5. The molecule has 0 radical (unpaired) electrons. The fraction of sp³-hybridized carbons (Fsp3) is 0.455. The summed E-state index contributed by atoms with van der Waals surface area (Å²) in [6, 6.07) is 9.90. The van der Waals surface area contributed by atoms with Gasteiger partial charge in [0, 0.05) is 30.2 Å². The van der Waals surface area contributed by atoms with Crippen LogP contribution in [0.15, 0.2) is 36.4 Å². The van der Waals surface area contributed by atoms with E-state index in [-0.39, 0.29) is 12.4 Å². The molecule has 2 bridgehead atoms. The third-order valence-corrected chi connectivity index (χ3v) is 5.60. The zero-order valence-electron chi connectivity index (χ0n) is 16.3. The second-order valence-electron chi connectivity index (χ2n) is 7.64. The highest BCUT2D eigenvalue weighted by molar-refractivity contribution is 6.31. The minimum Gasteiger partial charge on any atom is -0.493 e. The summed E-state index contributed by atoms with van der Waals surface area (Å²) in [5, 5.41) is 10.9. The number of para-hydroxylation sites is 1. The van der Waals surface area contributed by atoms with Crippen LogP contribution in [-0.2, 0) is 4.74 Å². The van der Waals surface area contributed by atoms with Crippen LogP contribution in [-0.4, -0.2) is 61.7 Å². The first kappa shape index (κ1) is 20.4. The Morgan fingerprint density at radius 2 is 2.00 bits per heavy atom. The van der Waals surface area contributed by atoms with Gasteiger partial charge in [0.1, 0.15) is 18.5 Å². The summed E-state index contributed by atoms with van der Waals surface area (Å²) >= 11 is 6.25. The Morgan fingerprint density at radius 1 is 1.24 bits per heavy atom. The fourth-order valence-electron chi connectivity index (χ4n) is 4.14. The van der Waals surface area contributed by atoms with Gasteiger partial charge >= 0.3 is 0 Å². The van der Waals surface area contributed by atoms with Gasteiger partial charge in [0.25, 0.3) is 0 Å². The van der Waals surface area contributed by atoms with Crippen molar-refractivity contribution in [3.63, 3.8) is 0 Å². The fourth-order valence-corrected chi connectivity index (χ4v) is 4.36. The number of fused-ring (bicyclic) bond motifs is 2. The molecule has 2 aliphatic heterocycles. The highest BCUT2D eigenvalue weighted by Gasteiger charge is 2.34. The Labute approximate surface area is 174 Å². The lowest BCUT2D eigenvalue weighted by atomic mass is 10.0. The Balaban J connectivity index is 1.41.